The van der Waals surface area contributed by atoms with Crippen molar-refractivity contribution in [2.75, 3.05) is 13.1 Å². The molecule has 4 heteroatoms. The molecule has 1 heterocycles. The lowest BCUT2D eigenvalue weighted by molar-refractivity contribution is -0.340. The van der Waals surface area contributed by atoms with E-state index in [2.05, 4.69) is 5.32 Å². The van der Waals surface area contributed by atoms with E-state index in [9.17, 15) is 0 Å². The number of hydrogen-bond acceptors (Lipinski definition) is 3. The summed E-state index contributed by atoms with van der Waals surface area (Å²) in [5.74, 6) is -0.568. The Labute approximate surface area is 116 Å². The summed E-state index contributed by atoms with van der Waals surface area (Å²) in [6.07, 6.45) is 3.48. The molecule has 2 rings (SSSR count). The standard InChI is InChI=1S/C14H26ClNO2/c1-10(2)17-14(18-11(3)4)9-13(12(14)15)5-7-16-8-6-13/h10-12,16H,5-9H2,1-4H3. The van der Waals surface area contributed by atoms with Crippen molar-refractivity contribution in [1.29, 1.82) is 0 Å². The molecule has 0 radical (unpaired) electrons. The maximum atomic E-state index is 6.72. The Morgan fingerprint density at radius 2 is 1.56 bits per heavy atom. The second-order valence-corrected chi connectivity index (χ2v) is 6.73. The van der Waals surface area contributed by atoms with Crippen LogP contribution in [0.3, 0.4) is 0 Å². The Kier molecular flexibility index (Phi) is 4.27. The van der Waals surface area contributed by atoms with E-state index in [0.717, 1.165) is 32.4 Å². The third-order valence-electron chi connectivity index (χ3n) is 3.99. The summed E-state index contributed by atoms with van der Waals surface area (Å²) in [5.41, 5.74) is 0.219. The van der Waals surface area contributed by atoms with E-state index in [1.165, 1.54) is 0 Å². The van der Waals surface area contributed by atoms with Gasteiger partial charge in [-0.2, -0.15) is 0 Å². The van der Waals surface area contributed by atoms with Crippen molar-refractivity contribution in [3.63, 3.8) is 0 Å². The number of alkyl halides is 1. The second kappa shape index (κ2) is 5.28. The molecule has 1 spiro atoms. The van der Waals surface area contributed by atoms with Crippen molar-refractivity contribution in [3.8, 4) is 0 Å². The largest absolute Gasteiger partial charge is 0.346 e. The third-order valence-corrected chi connectivity index (χ3v) is 4.79. The molecule has 0 bridgehead atoms. The molecule has 1 atom stereocenters. The van der Waals surface area contributed by atoms with Gasteiger partial charge in [0.25, 0.3) is 0 Å². The monoisotopic (exact) mass is 275 g/mol. The van der Waals surface area contributed by atoms with Gasteiger partial charge in [0.1, 0.15) is 0 Å². The van der Waals surface area contributed by atoms with Crippen LogP contribution in [0.15, 0.2) is 0 Å². The molecule has 2 fully saturated rings. The van der Waals surface area contributed by atoms with E-state index >= 15 is 0 Å². The average Bonchev–Trinajstić information content (AvgIpc) is 2.28. The van der Waals surface area contributed by atoms with Crippen molar-refractivity contribution >= 4 is 11.6 Å². The summed E-state index contributed by atoms with van der Waals surface area (Å²) in [4.78, 5) is 0. The van der Waals surface area contributed by atoms with Crippen LogP contribution in [0, 0.1) is 5.41 Å². The lowest BCUT2D eigenvalue weighted by atomic mass is 9.59. The minimum absolute atomic E-state index is 0.0306. The zero-order valence-electron chi connectivity index (χ0n) is 12.0. The number of ether oxygens (including phenoxy) is 2. The topological polar surface area (TPSA) is 30.5 Å². The van der Waals surface area contributed by atoms with Crippen LogP contribution in [0.5, 0.6) is 0 Å². The summed E-state index contributed by atoms with van der Waals surface area (Å²) < 4.78 is 12.1. The molecule has 1 unspecified atom stereocenters. The minimum atomic E-state index is -0.568. The van der Waals surface area contributed by atoms with Gasteiger partial charge in [0.15, 0.2) is 5.79 Å². The number of halogens is 1. The predicted octanol–water partition coefficient (Wildman–Crippen LogP) is 2.91. The third kappa shape index (κ3) is 2.55. The number of piperidine rings is 1. The molecule has 2 aliphatic rings. The fraction of sp³-hybridized carbons (Fsp3) is 1.00. The van der Waals surface area contributed by atoms with Gasteiger partial charge in [-0.15, -0.1) is 11.6 Å². The summed E-state index contributed by atoms with van der Waals surface area (Å²) in [7, 11) is 0. The highest BCUT2D eigenvalue weighted by molar-refractivity contribution is 6.22. The van der Waals surface area contributed by atoms with E-state index in [-0.39, 0.29) is 23.0 Å². The van der Waals surface area contributed by atoms with Crippen LogP contribution in [-0.2, 0) is 9.47 Å². The Balaban J connectivity index is 2.09. The molecule has 1 aliphatic carbocycles. The van der Waals surface area contributed by atoms with E-state index in [1.807, 2.05) is 27.7 Å². The molecule has 0 aromatic carbocycles. The van der Waals surface area contributed by atoms with Crippen LogP contribution in [0.4, 0.5) is 0 Å². The van der Waals surface area contributed by atoms with Crippen molar-refractivity contribution in [1.82, 2.24) is 5.32 Å². The molecule has 1 N–H and O–H groups in total. The number of hydrogen-bond donors (Lipinski definition) is 1. The van der Waals surface area contributed by atoms with Gasteiger partial charge >= 0.3 is 0 Å². The maximum Gasteiger partial charge on any atom is 0.186 e. The van der Waals surface area contributed by atoms with E-state index < -0.39 is 5.79 Å². The first-order valence-electron chi connectivity index (χ1n) is 7.11. The first kappa shape index (κ1) is 14.6. The van der Waals surface area contributed by atoms with Gasteiger partial charge in [0, 0.05) is 6.42 Å². The highest BCUT2D eigenvalue weighted by Crippen LogP contribution is 2.59. The highest BCUT2D eigenvalue weighted by atomic mass is 35.5. The quantitative estimate of drug-likeness (QED) is 0.632. The van der Waals surface area contributed by atoms with Crippen LogP contribution in [0.2, 0.25) is 0 Å². The Morgan fingerprint density at radius 1 is 1.06 bits per heavy atom. The summed E-state index contributed by atoms with van der Waals surface area (Å²) in [6.45, 7) is 10.3. The highest BCUT2D eigenvalue weighted by Gasteiger charge is 2.65. The van der Waals surface area contributed by atoms with Gasteiger partial charge in [-0.1, -0.05) is 0 Å². The molecule has 1 saturated heterocycles. The van der Waals surface area contributed by atoms with Gasteiger partial charge in [0.2, 0.25) is 0 Å². The molecule has 106 valence electrons. The predicted molar refractivity (Wildman–Crippen MR) is 74.0 cm³/mol. The molecule has 0 aromatic rings. The first-order chi connectivity index (χ1) is 8.40. The van der Waals surface area contributed by atoms with Crippen LogP contribution < -0.4 is 5.32 Å². The van der Waals surface area contributed by atoms with Crippen LogP contribution >= 0.6 is 11.6 Å². The van der Waals surface area contributed by atoms with Crippen LogP contribution in [0.1, 0.15) is 47.0 Å². The summed E-state index contributed by atoms with van der Waals surface area (Å²) in [5, 5.41) is 3.37. The molecule has 1 saturated carbocycles. The first-order valence-corrected chi connectivity index (χ1v) is 7.54. The Hall–Kier alpha value is 0.170. The lowest BCUT2D eigenvalue weighted by Crippen LogP contribution is -2.68. The van der Waals surface area contributed by atoms with Crippen molar-refractivity contribution in [3.05, 3.63) is 0 Å². The fourth-order valence-electron chi connectivity index (χ4n) is 3.39. The molecule has 0 aromatic heterocycles. The average molecular weight is 276 g/mol. The second-order valence-electron chi connectivity index (χ2n) is 6.30. The van der Waals surface area contributed by atoms with Gasteiger partial charge in [-0.3, -0.25) is 0 Å². The molecule has 0 amide bonds. The zero-order valence-corrected chi connectivity index (χ0v) is 12.7. The number of rotatable bonds is 4. The van der Waals surface area contributed by atoms with Crippen LogP contribution in [0.25, 0.3) is 0 Å². The Morgan fingerprint density at radius 3 is 1.94 bits per heavy atom. The molecule has 18 heavy (non-hydrogen) atoms. The van der Waals surface area contributed by atoms with Gasteiger partial charge in [-0.05, 0) is 59.0 Å². The smallest absolute Gasteiger partial charge is 0.186 e. The molecular weight excluding hydrogens is 250 g/mol. The van der Waals surface area contributed by atoms with E-state index in [0.29, 0.717) is 0 Å². The zero-order chi connectivity index (χ0) is 13.4. The van der Waals surface area contributed by atoms with Crippen molar-refractivity contribution < 1.29 is 9.47 Å². The van der Waals surface area contributed by atoms with Crippen LogP contribution in [-0.4, -0.2) is 36.5 Å². The maximum absolute atomic E-state index is 6.72. The van der Waals surface area contributed by atoms with Crippen molar-refractivity contribution in [2.45, 2.75) is 70.3 Å². The van der Waals surface area contributed by atoms with Gasteiger partial charge < -0.3 is 14.8 Å². The lowest BCUT2D eigenvalue weighted by Gasteiger charge is -2.61. The van der Waals surface area contributed by atoms with E-state index in [4.69, 9.17) is 21.1 Å². The number of nitrogens with one attached hydrogen (secondary N) is 1. The molecular formula is C14H26ClNO2. The fourth-order valence-corrected chi connectivity index (χ4v) is 3.86. The molecule has 3 nitrogen and oxygen atoms in total. The van der Waals surface area contributed by atoms with Gasteiger partial charge in [-0.25, -0.2) is 0 Å². The van der Waals surface area contributed by atoms with Gasteiger partial charge in [0.05, 0.1) is 17.6 Å². The molecule has 1 aliphatic heterocycles. The Bertz CT molecular complexity index is 278. The SMILES string of the molecule is CC(C)OC1(OC(C)C)CC2(CCNCC2)C1Cl. The summed E-state index contributed by atoms with van der Waals surface area (Å²) >= 11 is 6.72. The minimum Gasteiger partial charge on any atom is -0.346 e. The van der Waals surface area contributed by atoms with Crippen molar-refractivity contribution in [2.24, 2.45) is 5.41 Å². The summed E-state index contributed by atoms with van der Waals surface area (Å²) in [6, 6.07) is 0. The van der Waals surface area contributed by atoms with E-state index in [1.54, 1.807) is 0 Å². The normalized spacial score (nSPS) is 29.8.